The molecule has 2 aromatic carbocycles. The zero-order valence-corrected chi connectivity index (χ0v) is 10.3. The van der Waals surface area contributed by atoms with Gasteiger partial charge in [-0.1, -0.05) is 15.9 Å². The van der Waals surface area contributed by atoms with E-state index in [2.05, 4.69) is 21.2 Å². The predicted octanol–water partition coefficient (Wildman–Crippen LogP) is 4.05. The molecule has 0 saturated heterocycles. The van der Waals surface area contributed by atoms with Gasteiger partial charge in [0.2, 0.25) is 0 Å². The van der Waals surface area contributed by atoms with Crippen molar-refractivity contribution >= 4 is 33.0 Å². The molecule has 0 atom stereocenters. The van der Waals surface area contributed by atoms with E-state index in [-0.39, 0.29) is 5.69 Å². The maximum atomic E-state index is 13.4. The maximum Gasteiger partial charge on any atom is 0.149 e. The summed E-state index contributed by atoms with van der Waals surface area (Å²) in [6.45, 7) is 0. The lowest BCUT2D eigenvalue weighted by molar-refractivity contribution is 0.586. The first kappa shape index (κ1) is 11.9. The summed E-state index contributed by atoms with van der Waals surface area (Å²) in [5, 5.41) is 2.81. The van der Waals surface area contributed by atoms with Crippen molar-refractivity contribution in [2.75, 3.05) is 11.1 Å². The second-order valence-corrected chi connectivity index (χ2v) is 4.40. The van der Waals surface area contributed by atoms with Crippen molar-refractivity contribution in [2.45, 2.75) is 0 Å². The first-order valence-corrected chi connectivity index (χ1v) is 5.62. The number of benzene rings is 2. The van der Waals surface area contributed by atoms with Crippen LogP contribution in [-0.4, -0.2) is 0 Å². The van der Waals surface area contributed by atoms with Crippen molar-refractivity contribution in [3.05, 3.63) is 52.5 Å². The van der Waals surface area contributed by atoms with E-state index in [4.69, 9.17) is 5.73 Å². The summed E-state index contributed by atoms with van der Waals surface area (Å²) in [6.07, 6.45) is 0. The molecule has 88 valence electrons. The molecule has 0 spiro atoms. The highest BCUT2D eigenvalue weighted by molar-refractivity contribution is 9.10. The second-order valence-electron chi connectivity index (χ2n) is 3.48. The summed E-state index contributed by atoms with van der Waals surface area (Å²) in [6, 6.07) is 8.51. The molecule has 3 N–H and O–H groups in total. The van der Waals surface area contributed by atoms with Crippen LogP contribution in [0.15, 0.2) is 40.9 Å². The first-order valence-electron chi connectivity index (χ1n) is 4.83. The number of hydrogen-bond donors (Lipinski definition) is 2. The van der Waals surface area contributed by atoms with Gasteiger partial charge in [-0.2, -0.15) is 0 Å². The largest absolute Gasteiger partial charge is 0.397 e. The lowest BCUT2D eigenvalue weighted by Crippen LogP contribution is -1.98. The van der Waals surface area contributed by atoms with Crippen LogP contribution in [0.3, 0.4) is 0 Å². The second kappa shape index (κ2) is 4.71. The molecule has 0 aliphatic rings. The fourth-order valence-corrected chi connectivity index (χ4v) is 1.73. The minimum Gasteiger partial charge on any atom is -0.397 e. The van der Waals surface area contributed by atoms with Crippen molar-refractivity contribution in [3.63, 3.8) is 0 Å². The first-order chi connectivity index (χ1) is 8.06. The highest BCUT2D eigenvalue weighted by Gasteiger charge is 2.06. The van der Waals surface area contributed by atoms with Crippen molar-refractivity contribution in [1.82, 2.24) is 0 Å². The normalized spacial score (nSPS) is 10.3. The Labute approximate surface area is 106 Å². The Morgan fingerprint density at radius 3 is 2.47 bits per heavy atom. The molecule has 5 heteroatoms. The third-order valence-electron chi connectivity index (χ3n) is 2.22. The van der Waals surface area contributed by atoms with E-state index in [1.54, 1.807) is 18.2 Å². The minimum absolute atomic E-state index is 0.177. The standard InChI is InChI=1S/C12H9BrF2N2/c13-7-1-3-10(16)12(5-7)17-11-4-2-8(14)6-9(11)15/h1-6,17H,16H2. The topological polar surface area (TPSA) is 38.0 Å². The van der Waals surface area contributed by atoms with Gasteiger partial charge in [0, 0.05) is 10.5 Å². The van der Waals surface area contributed by atoms with Gasteiger partial charge in [0.25, 0.3) is 0 Å². The van der Waals surface area contributed by atoms with E-state index in [0.29, 0.717) is 11.4 Å². The summed E-state index contributed by atoms with van der Waals surface area (Å²) in [5.41, 5.74) is 6.96. The Morgan fingerprint density at radius 2 is 1.76 bits per heavy atom. The van der Waals surface area contributed by atoms with Gasteiger partial charge in [0.15, 0.2) is 0 Å². The zero-order valence-electron chi connectivity index (χ0n) is 8.68. The molecule has 0 unspecified atom stereocenters. The van der Waals surface area contributed by atoms with Crippen LogP contribution in [0.25, 0.3) is 0 Å². The van der Waals surface area contributed by atoms with Gasteiger partial charge >= 0.3 is 0 Å². The van der Waals surface area contributed by atoms with Gasteiger partial charge in [-0.3, -0.25) is 0 Å². The fraction of sp³-hybridized carbons (Fsp3) is 0. The van der Waals surface area contributed by atoms with Crippen molar-refractivity contribution in [3.8, 4) is 0 Å². The molecule has 0 bridgehead atoms. The summed E-state index contributed by atoms with van der Waals surface area (Å²) in [7, 11) is 0. The van der Waals surface area contributed by atoms with Crippen LogP contribution in [-0.2, 0) is 0 Å². The molecule has 2 aromatic rings. The van der Waals surface area contributed by atoms with Gasteiger partial charge in [-0.15, -0.1) is 0 Å². The van der Waals surface area contributed by atoms with Crippen molar-refractivity contribution < 1.29 is 8.78 Å². The molecule has 2 rings (SSSR count). The van der Waals surface area contributed by atoms with Crippen LogP contribution in [0.5, 0.6) is 0 Å². The monoisotopic (exact) mass is 298 g/mol. The Hall–Kier alpha value is -1.62. The summed E-state index contributed by atoms with van der Waals surface area (Å²) >= 11 is 3.29. The van der Waals surface area contributed by atoms with Crippen LogP contribution in [0, 0.1) is 11.6 Å². The van der Waals surface area contributed by atoms with Gasteiger partial charge < -0.3 is 11.1 Å². The van der Waals surface area contributed by atoms with Crippen LogP contribution in [0.2, 0.25) is 0 Å². The number of anilines is 3. The number of hydrogen-bond acceptors (Lipinski definition) is 2. The summed E-state index contributed by atoms with van der Waals surface area (Å²) in [5.74, 6) is -1.28. The lowest BCUT2D eigenvalue weighted by atomic mass is 10.2. The quantitative estimate of drug-likeness (QED) is 0.821. The SMILES string of the molecule is Nc1ccc(Br)cc1Nc1ccc(F)cc1F. The molecule has 0 amide bonds. The molecular weight excluding hydrogens is 290 g/mol. The average molecular weight is 299 g/mol. The Kier molecular flexibility index (Phi) is 3.28. The summed E-state index contributed by atoms with van der Waals surface area (Å²) < 4.78 is 27.0. The van der Waals surface area contributed by atoms with Crippen LogP contribution >= 0.6 is 15.9 Å². The Bertz CT molecular complexity index is 558. The molecule has 0 radical (unpaired) electrons. The number of nitrogens with one attached hydrogen (secondary N) is 1. The van der Waals surface area contributed by atoms with Crippen LogP contribution < -0.4 is 11.1 Å². The van der Waals surface area contributed by atoms with E-state index in [1.165, 1.54) is 12.1 Å². The molecule has 0 aliphatic heterocycles. The zero-order chi connectivity index (χ0) is 12.4. The van der Waals surface area contributed by atoms with E-state index in [9.17, 15) is 8.78 Å². The Balaban J connectivity index is 2.34. The van der Waals surface area contributed by atoms with Gasteiger partial charge in [-0.05, 0) is 30.3 Å². The molecule has 0 heterocycles. The van der Waals surface area contributed by atoms with Gasteiger partial charge in [-0.25, -0.2) is 8.78 Å². The van der Waals surface area contributed by atoms with Crippen LogP contribution in [0.1, 0.15) is 0 Å². The average Bonchev–Trinajstić information content (AvgIpc) is 2.27. The van der Waals surface area contributed by atoms with Crippen molar-refractivity contribution in [1.29, 1.82) is 0 Å². The number of nitrogen functional groups attached to an aromatic ring is 1. The number of rotatable bonds is 2. The Morgan fingerprint density at radius 1 is 1.00 bits per heavy atom. The predicted molar refractivity (Wildman–Crippen MR) is 68.2 cm³/mol. The molecule has 2 nitrogen and oxygen atoms in total. The van der Waals surface area contributed by atoms with Crippen LogP contribution in [0.4, 0.5) is 25.8 Å². The summed E-state index contributed by atoms with van der Waals surface area (Å²) in [4.78, 5) is 0. The fourth-order valence-electron chi connectivity index (χ4n) is 1.37. The molecule has 0 aromatic heterocycles. The molecule has 0 fully saturated rings. The van der Waals surface area contributed by atoms with Gasteiger partial charge in [0.05, 0.1) is 17.1 Å². The molecule has 0 aliphatic carbocycles. The molecule has 17 heavy (non-hydrogen) atoms. The number of nitrogens with two attached hydrogens (primary N) is 1. The highest BCUT2D eigenvalue weighted by Crippen LogP contribution is 2.28. The van der Waals surface area contributed by atoms with E-state index in [0.717, 1.165) is 10.5 Å². The minimum atomic E-state index is -0.663. The molecule has 0 saturated carbocycles. The highest BCUT2D eigenvalue weighted by atomic mass is 79.9. The third kappa shape index (κ3) is 2.74. The maximum absolute atomic E-state index is 13.4. The van der Waals surface area contributed by atoms with Gasteiger partial charge in [0.1, 0.15) is 11.6 Å². The van der Waals surface area contributed by atoms with E-state index >= 15 is 0 Å². The lowest BCUT2D eigenvalue weighted by Gasteiger charge is -2.10. The smallest absolute Gasteiger partial charge is 0.149 e. The van der Waals surface area contributed by atoms with Crippen molar-refractivity contribution in [2.24, 2.45) is 0 Å². The third-order valence-corrected chi connectivity index (χ3v) is 2.71. The number of halogens is 3. The van der Waals surface area contributed by atoms with E-state index in [1.807, 2.05) is 0 Å². The molecular formula is C12H9BrF2N2. The van der Waals surface area contributed by atoms with E-state index < -0.39 is 11.6 Å².